The summed E-state index contributed by atoms with van der Waals surface area (Å²) < 4.78 is 7.80. The number of methoxy groups -OCH3 is 1. The van der Waals surface area contributed by atoms with Crippen LogP contribution in [0.2, 0.25) is 0 Å². The minimum Gasteiger partial charge on any atom is -0.496 e. The largest absolute Gasteiger partial charge is 0.496 e. The number of rotatable bonds is 3. The minimum atomic E-state index is -0.389. The molecular formula is C26H21N2O3+. The number of nitrogens with zero attached hydrogens (tertiary/aromatic N) is 2. The maximum absolute atomic E-state index is 11.0. The van der Waals surface area contributed by atoms with E-state index in [-0.39, 0.29) is 10.6 Å². The van der Waals surface area contributed by atoms with Crippen LogP contribution >= 0.6 is 0 Å². The molecule has 0 atom stereocenters. The Hall–Kier alpha value is -3.99. The number of aromatic nitrogens is 1. The van der Waals surface area contributed by atoms with E-state index in [1.54, 1.807) is 19.2 Å². The SMILES string of the molecule is COc1cc2cc[n+]3cc4cc(C)c(C)cc4cc3c2cc1-c1ccc([N+](=O)[O-])cc1. The van der Waals surface area contributed by atoms with Gasteiger partial charge in [0, 0.05) is 35.2 Å². The van der Waals surface area contributed by atoms with E-state index in [0.29, 0.717) is 0 Å². The highest BCUT2D eigenvalue weighted by atomic mass is 16.6. The van der Waals surface area contributed by atoms with E-state index in [9.17, 15) is 10.1 Å². The van der Waals surface area contributed by atoms with Gasteiger partial charge in [0.15, 0.2) is 12.4 Å². The number of hydrogen-bond acceptors (Lipinski definition) is 3. The van der Waals surface area contributed by atoms with Gasteiger partial charge in [-0.15, -0.1) is 0 Å². The van der Waals surface area contributed by atoms with Crippen LogP contribution in [0.15, 0.2) is 73.1 Å². The van der Waals surface area contributed by atoms with Crippen LogP contribution in [0.3, 0.4) is 0 Å². The van der Waals surface area contributed by atoms with Gasteiger partial charge in [-0.1, -0.05) is 6.07 Å². The third kappa shape index (κ3) is 3.15. The van der Waals surface area contributed by atoms with E-state index in [0.717, 1.165) is 33.2 Å². The molecule has 0 aliphatic heterocycles. The summed E-state index contributed by atoms with van der Waals surface area (Å²) in [6.07, 6.45) is 4.23. The standard InChI is InChI=1S/C26H21N2O3/c1-16-10-20-12-25-23-14-24(18-4-6-22(7-5-18)28(29)30)26(31-3)13-19(23)8-9-27(25)15-21(20)11-17(16)2/h4-15H,1-3H3/q+1. The third-order valence-corrected chi connectivity index (χ3v) is 6.00. The summed E-state index contributed by atoms with van der Waals surface area (Å²) >= 11 is 0. The molecule has 152 valence electrons. The van der Waals surface area contributed by atoms with Crippen molar-refractivity contribution in [2.45, 2.75) is 13.8 Å². The summed E-state index contributed by atoms with van der Waals surface area (Å²) in [5.41, 5.74) is 5.49. The molecule has 0 radical (unpaired) electrons. The van der Waals surface area contributed by atoms with Crippen LogP contribution in [0.25, 0.3) is 38.2 Å². The molecule has 0 bridgehead atoms. The topological polar surface area (TPSA) is 56.5 Å². The summed E-state index contributed by atoms with van der Waals surface area (Å²) in [7, 11) is 1.64. The molecule has 0 amide bonds. The number of nitro benzene ring substituents is 1. The van der Waals surface area contributed by atoms with Crippen LogP contribution in [-0.4, -0.2) is 12.0 Å². The molecule has 0 unspecified atom stereocenters. The van der Waals surface area contributed by atoms with Crippen molar-refractivity contribution in [2.75, 3.05) is 7.11 Å². The average molecular weight is 409 g/mol. The molecule has 5 nitrogen and oxygen atoms in total. The first-order valence-corrected chi connectivity index (χ1v) is 10.1. The summed E-state index contributed by atoms with van der Waals surface area (Å²) in [6, 6.07) is 19.5. The van der Waals surface area contributed by atoms with Gasteiger partial charge in [0.1, 0.15) is 5.75 Å². The van der Waals surface area contributed by atoms with Crippen LogP contribution in [0, 0.1) is 24.0 Å². The lowest BCUT2D eigenvalue weighted by atomic mass is 9.98. The fourth-order valence-electron chi connectivity index (χ4n) is 4.15. The molecule has 0 spiro atoms. The van der Waals surface area contributed by atoms with Gasteiger partial charge in [0.25, 0.3) is 5.69 Å². The van der Waals surface area contributed by atoms with Gasteiger partial charge in [-0.05, 0) is 71.6 Å². The second-order valence-electron chi connectivity index (χ2n) is 7.89. The number of aryl methyl sites for hydroxylation is 2. The maximum atomic E-state index is 11.0. The Kier molecular flexibility index (Phi) is 4.33. The summed E-state index contributed by atoms with van der Waals surface area (Å²) in [4.78, 5) is 10.6. The number of nitro groups is 1. The molecule has 5 rings (SSSR count). The van der Waals surface area contributed by atoms with Gasteiger partial charge in [-0.2, -0.15) is 4.40 Å². The molecule has 2 aromatic heterocycles. The highest BCUT2D eigenvalue weighted by molar-refractivity contribution is 6.01. The Morgan fingerprint density at radius 1 is 0.871 bits per heavy atom. The van der Waals surface area contributed by atoms with Gasteiger partial charge in [-0.25, -0.2) is 0 Å². The van der Waals surface area contributed by atoms with Crippen molar-refractivity contribution in [3.63, 3.8) is 0 Å². The normalized spacial score (nSPS) is 11.3. The number of fused-ring (bicyclic) bond motifs is 4. The van der Waals surface area contributed by atoms with Crippen LogP contribution < -0.4 is 9.14 Å². The van der Waals surface area contributed by atoms with E-state index in [4.69, 9.17) is 4.74 Å². The van der Waals surface area contributed by atoms with Crippen molar-refractivity contribution in [1.82, 2.24) is 0 Å². The molecule has 0 N–H and O–H groups in total. The predicted molar refractivity (Wildman–Crippen MR) is 123 cm³/mol. The molecule has 0 fully saturated rings. The Balaban J connectivity index is 1.79. The zero-order valence-electron chi connectivity index (χ0n) is 17.5. The van der Waals surface area contributed by atoms with E-state index in [1.807, 2.05) is 6.07 Å². The van der Waals surface area contributed by atoms with Crippen LogP contribution in [0.4, 0.5) is 5.69 Å². The van der Waals surface area contributed by atoms with Crippen LogP contribution in [-0.2, 0) is 0 Å². The monoisotopic (exact) mass is 409 g/mol. The van der Waals surface area contributed by atoms with E-state index in [1.165, 1.54) is 34.0 Å². The summed E-state index contributed by atoms with van der Waals surface area (Å²) in [5.74, 6) is 0.734. The van der Waals surface area contributed by atoms with Crippen molar-refractivity contribution < 1.29 is 14.1 Å². The smallest absolute Gasteiger partial charge is 0.269 e. The molecule has 5 aromatic rings. The highest BCUT2D eigenvalue weighted by Gasteiger charge is 2.16. The zero-order valence-corrected chi connectivity index (χ0v) is 17.5. The second kappa shape index (κ2) is 7.06. The molecule has 2 heterocycles. The molecular weight excluding hydrogens is 388 g/mol. The van der Waals surface area contributed by atoms with Crippen molar-refractivity contribution in [2.24, 2.45) is 0 Å². The van der Waals surface area contributed by atoms with Crippen molar-refractivity contribution >= 4 is 32.7 Å². The van der Waals surface area contributed by atoms with Gasteiger partial charge in [-0.3, -0.25) is 10.1 Å². The molecule has 5 heteroatoms. The first-order chi connectivity index (χ1) is 14.9. The molecule has 31 heavy (non-hydrogen) atoms. The Morgan fingerprint density at radius 2 is 1.58 bits per heavy atom. The highest BCUT2D eigenvalue weighted by Crippen LogP contribution is 2.36. The van der Waals surface area contributed by atoms with Crippen molar-refractivity contribution in [3.8, 4) is 16.9 Å². The van der Waals surface area contributed by atoms with E-state index < -0.39 is 0 Å². The number of hydrogen-bond donors (Lipinski definition) is 0. The molecule has 0 aliphatic rings. The van der Waals surface area contributed by atoms with Crippen molar-refractivity contribution in [3.05, 3.63) is 94.3 Å². The molecule has 3 aromatic carbocycles. The molecule has 0 saturated heterocycles. The minimum absolute atomic E-state index is 0.0710. The van der Waals surface area contributed by atoms with Gasteiger partial charge in [0.05, 0.1) is 17.4 Å². The van der Waals surface area contributed by atoms with Crippen molar-refractivity contribution in [1.29, 1.82) is 0 Å². The van der Waals surface area contributed by atoms with E-state index >= 15 is 0 Å². The van der Waals surface area contributed by atoms with Gasteiger partial charge < -0.3 is 4.74 Å². The Bertz CT molecular complexity index is 1510. The molecule has 0 saturated carbocycles. The summed E-state index contributed by atoms with van der Waals surface area (Å²) in [6.45, 7) is 4.26. The van der Waals surface area contributed by atoms with Crippen LogP contribution in [0.1, 0.15) is 11.1 Å². The maximum Gasteiger partial charge on any atom is 0.269 e. The summed E-state index contributed by atoms with van der Waals surface area (Å²) in [5, 5.41) is 15.6. The fourth-order valence-corrected chi connectivity index (χ4v) is 4.15. The zero-order chi connectivity index (χ0) is 21.7. The first kappa shape index (κ1) is 19.0. The predicted octanol–water partition coefficient (Wildman–Crippen LogP) is 5.93. The number of non-ortho nitro benzene ring substituents is 1. The van der Waals surface area contributed by atoms with Crippen LogP contribution in [0.5, 0.6) is 5.75 Å². The third-order valence-electron chi connectivity index (χ3n) is 6.00. The van der Waals surface area contributed by atoms with Gasteiger partial charge in [0.2, 0.25) is 5.52 Å². The molecule has 0 aliphatic carbocycles. The Morgan fingerprint density at radius 3 is 2.26 bits per heavy atom. The first-order valence-electron chi connectivity index (χ1n) is 10.1. The van der Waals surface area contributed by atoms with E-state index in [2.05, 4.69) is 61.0 Å². The second-order valence-corrected chi connectivity index (χ2v) is 7.89. The quantitative estimate of drug-likeness (QED) is 0.122. The average Bonchev–Trinajstić information content (AvgIpc) is 2.77. The fraction of sp³-hybridized carbons (Fsp3) is 0.115. The number of ether oxygens (including phenoxy) is 1. The Labute approximate surface area is 179 Å². The van der Waals surface area contributed by atoms with Gasteiger partial charge >= 0.3 is 0 Å². The number of benzene rings is 3. The number of pyridine rings is 2. The lowest BCUT2D eigenvalue weighted by Gasteiger charge is -2.11. The lowest BCUT2D eigenvalue weighted by Crippen LogP contribution is -2.20. The lowest BCUT2D eigenvalue weighted by molar-refractivity contribution is -0.509.